The number of aromatic nitrogens is 2. The fourth-order valence-electron chi connectivity index (χ4n) is 1.45. The van der Waals surface area contributed by atoms with E-state index in [4.69, 9.17) is 5.73 Å². The van der Waals surface area contributed by atoms with Crippen LogP contribution in [-0.2, 0) is 6.54 Å². The molecule has 0 saturated carbocycles. The van der Waals surface area contributed by atoms with E-state index in [1.165, 1.54) is 16.9 Å². The van der Waals surface area contributed by atoms with Crippen molar-refractivity contribution in [1.29, 1.82) is 0 Å². The smallest absolute Gasteiger partial charge is 0.187 e. The topological polar surface area (TPSA) is 55.0 Å². The highest BCUT2D eigenvalue weighted by atomic mass is 32.1. The number of nitrogens with zero attached hydrogens (tertiary/aromatic N) is 3. The number of thiazole rings is 1. The van der Waals surface area contributed by atoms with Crippen molar-refractivity contribution in [3.63, 3.8) is 0 Å². The first-order valence-corrected chi connectivity index (χ1v) is 5.96. The minimum absolute atomic E-state index is 0.753. The molecule has 2 aromatic heterocycles. The maximum absolute atomic E-state index is 5.68. The normalized spacial score (nSPS) is 10.3. The van der Waals surface area contributed by atoms with Crippen LogP contribution in [0.15, 0.2) is 30.7 Å². The zero-order valence-corrected chi connectivity index (χ0v) is 9.94. The molecule has 0 aromatic carbocycles. The van der Waals surface area contributed by atoms with Crippen LogP contribution in [0.25, 0.3) is 0 Å². The Bertz CT molecular complexity index is 440. The lowest BCUT2D eigenvalue weighted by Gasteiger charge is -2.19. The van der Waals surface area contributed by atoms with E-state index in [2.05, 4.69) is 21.8 Å². The molecule has 2 N–H and O–H groups in total. The van der Waals surface area contributed by atoms with Crippen LogP contribution < -0.4 is 10.6 Å². The molecule has 2 rings (SSSR count). The number of nitrogens with two attached hydrogens (primary N) is 1. The van der Waals surface area contributed by atoms with Gasteiger partial charge < -0.3 is 10.6 Å². The van der Waals surface area contributed by atoms with Gasteiger partial charge in [-0.15, -0.1) is 0 Å². The van der Waals surface area contributed by atoms with Gasteiger partial charge in [0.05, 0.1) is 6.20 Å². The standard InChI is InChI=1S/C11H14N4S/c1-2-15(11-14-7-10(12)16-11)8-9-3-5-13-6-4-9/h3-7H,2,8,12H2,1H3. The summed E-state index contributed by atoms with van der Waals surface area (Å²) in [4.78, 5) is 10.5. The third-order valence-corrected chi connectivity index (χ3v) is 3.17. The van der Waals surface area contributed by atoms with Gasteiger partial charge in [0.1, 0.15) is 5.00 Å². The minimum atomic E-state index is 0.753. The number of hydrogen-bond donors (Lipinski definition) is 1. The van der Waals surface area contributed by atoms with Crippen LogP contribution >= 0.6 is 11.3 Å². The predicted octanol–water partition coefficient (Wildman–Crippen LogP) is 2.15. The first-order chi connectivity index (χ1) is 7.79. The van der Waals surface area contributed by atoms with Gasteiger partial charge in [0.2, 0.25) is 0 Å². The summed E-state index contributed by atoms with van der Waals surface area (Å²) in [6, 6.07) is 4.03. The van der Waals surface area contributed by atoms with Gasteiger partial charge >= 0.3 is 0 Å². The van der Waals surface area contributed by atoms with E-state index >= 15 is 0 Å². The summed E-state index contributed by atoms with van der Waals surface area (Å²) < 4.78 is 0. The summed E-state index contributed by atoms with van der Waals surface area (Å²) in [5.74, 6) is 0. The van der Waals surface area contributed by atoms with Crippen molar-refractivity contribution < 1.29 is 0 Å². The van der Waals surface area contributed by atoms with Crippen molar-refractivity contribution in [2.75, 3.05) is 17.2 Å². The molecule has 0 unspecified atom stereocenters. The van der Waals surface area contributed by atoms with Crippen molar-refractivity contribution in [3.8, 4) is 0 Å². The van der Waals surface area contributed by atoms with E-state index in [0.717, 1.165) is 23.2 Å². The second-order valence-corrected chi connectivity index (χ2v) is 4.46. The number of rotatable bonds is 4. The number of pyridine rings is 1. The molecule has 4 nitrogen and oxygen atoms in total. The SMILES string of the molecule is CCN(Cc1ccncc1)c1ncc(N)s1. The first kappa shape index (κ1) is 10.9. The number of hydrogen-bond acceptors (Lipinski definition) is 5. The van der Waals surface area contributed by atoms with Gasteiger partial charge in [-0.3, -0.25) is 4.98 Å². The third kappa shape index (κ3) is 2.49. The Morgan fingerprint density at radius 3 is 2.69 bits per heavy atom. The van der Waals surface area contributed by atoms with Gasteiger partial charge in [-0.25, -0.2) is 4.98 Å². The zero-order valence-electron chi connectivity index (χ0n) is 9.13. The van der Waals surface area contributed by atoms with Crippen LogP contribution in [0.5, 0.6) is 0 Å². The Kier molecular flexibility index (Phi) is 3.36. The largest absolute Gasteiger partial charge is 0.389 e. The molecule has 0 radical (unpaired) electrons. The van der Waals surface area contributed by atoms with Gasteiger partial charge in [0.15, 0.2) is 5.13 Å². The summed E-state index contributed by atoms with van der Waals surface area (Å²) in [5.41, 5.74) is 6.91. The van der Waals surface area contributed by atoms with E-state index in [1.807, 2.05) is 12.1 Å². The van der Waals surface area contributed by atoms with E-state index in [1.54, 1.807) is 18.6 Å². The van der Waals surface area contributed by atoms with Crippen LogP contribution in [-0.4, -0.2) is 16.5 Å². The summed E-state index contributed by atoms with van der Waals surface area (Å²) in [5, 5.41) is 1.72. The van der Waals surface area contributed by atoms with Crippen molar-refractivity contribution in [2.45, 2.75) is 13.5 Å². The molecule has 84 valence electrons. The van der Waals surface area contributed by atoms with E-state index in [-0.39, 0.29) is 0 Å². The van der Waals surface area contributed by atoms with Crippen LogP contribution in [0, 0.1) is 0 Å². The third-order valence-electron chi connectivity index (χ3n) is 2.29. The van der Waals surface area contributed by atoms with E-state index < -0.39 is 0 Å². The van der Waals surface area contributed by atoms with Gasteiger partial charge in [-0.1, -0.05) is 11.3 Å². The van der Waals surface area contributed by atoms with E-state index in [0.29, 0.717) is 0 Å². The van der Waals surface area contributed by atoms with Gasteiger partial charge in [0, 0.05) is 25.5 Å². The average molecular weight is 234 g/mol. The predicted molar refractivity (Wildman–Crippen MR) is 67.5 cm³/mol. The summed E-state index contributed by atoms with van der Waals surface area (Å²) >= 11 is 1.52. The lowest BCUT2D eigenvalue weighted by molar-refractivity contribution is 0.825. The summed E-state index contributed by atoms with van der Waals surface area (Å²) in [7, 11) is 0. The molecule has 5 heteroatoms. The summed E-state index contributed by atoms with van der Waals surface area (Å²) in [6.45, 7) is 3.86. The minimum Gasteiger partial charge on any atom is -0.389 e. The lowest BCUT2D eigenvalue weighted by atomic mass is 10.2. The van der Waals surface area contributed by atoms with Crippen LogP contribution in [0.4, 0.5) is 10.1 Å². The Hall–Kier alpha value is -1.62. The van der Waals surface area contributed by atoms with Crippen molar-refractivity contribution in [3.05, 3.63) is 36.3 Å². The highest BCUT2D eigenvalue weighted by Gasteiger charge is 2.08. The quantitative estimate of drug-likeness (QED) is 0.880. The average Bonchev–Trinajstić information content (AvgIpc) is 2.74. The highest BCUT2D eigenvalue weighted by Crippen LogP contribution is 2.25. The molecule has 16 heavy (non-hydrogen) atoms. The molecule has 0 atom stereocenters. The second-order valence-electron chi connectivity index (χ2n) is 3.41. The molecule has 0 spiro atoms. The molecule has 0 aliphatic carbocycles. The summed E-state index contributed by atoms with van der Waals surface area (Å²) in [6.07, 6.45) is 5.31. The van der Waals surface area contributed by atoms with Crippen LogP contribution in [0.2, 0.25) is 0 Å². The second kappa shape index (κ2) is 4.94. The maximum Gasteiger partial charge on any atom is 0.187 e. The molecule has 2 aromatic rings. The molecule has 0 saturated heterocycles. The van der Waals surface area contributed by atoms with Gasteiger partial charge in [-0.2, -0.15) is 0 Å². The van der Waals surface area contributed by atoms with E-state index in [9.17, 15) is 0 Å². The van der Waals surface area contributed by atoms with Crippen LogP contribution in [0.3, 0.4) is 0 Å². The van der Waals surface area contributed by atoms with Crippen molar-refractivity contribution in [2.24, 2.45) is 0 Å². The molecule has 0 fully saturated rings. The number of nitrogen functional groups attached to an aromatic ring is 1. The molecule has 0 amide bonds. The lowest BCUT2D eigenvalue weighted by Crippen LogP contribution is -2.21. The Morgan fingerprint density at radius 1 is 1.38 bits per heavy atom. The molecule has 0 bridgehead atoms. The fourth-order valence-corrected chi connectivity index (χ4v) is 2.19. The molecule has 0 aliphatic rings. The molecular weight excluding hydrogens is 220 g/mol. The molecule has 2 heterocycles. The van der Waals surface area contributed by atoms with Crippen molar-refractivity contribution in [1.82, 2.24) is 9.97 Å². The Morgan fingerprint density at radius 2 is 2.12 bits per heavy atom. The first-order valence-electron chi connectivity index (χ1n) is 5.14. The number of anilines is 2. The van der Waals surface area contributed by atoms with Gasteiger partial charge in [0.25, 0.3) is 0 Å². The monoisotopic (exact) mass is 234 g/mol. The Balaban J connectivity index is 2.12. The fraction of sp³-hybridized carbons (Fsp3) is 0.273. The van der Waals surface area contributed by atoms with Crippen LogP contribution in [0.1, 0.15) is 12.5 Å². The van der Waals surface area contributed by atoms with Crippen molar-refractivity contribution >= 4 is 21.5 Å². The zero-order chi connectivity index (χ0) is 11.4. The maximum atomic E-state index is 5.68. The Labute approximate surface area is 98.8 Å². The van der Waals surface area contributed by atoms with Gasteiger partial charge in [-0.05, 0) is 24.6 Å². The molecular formula is C11H14N4S. The highest BCUT2D eigenvalue weighted by molar-refractivity contribution is 7.19. The molecule has 0 aliphatic heterocycles.